The largest absolute Gasteiger partial charge is 0.324 e. The Morgan fingerprint density at radius 2 is 1.65 bits per heavy atom. The minimum Gasteiger partial charge on any atom is -0.324 e. The Hall–Kier alpha value is -2.33. The summed E-state index contributed by atoms with van der Waals surface area (Å²) < 4.78 is 0. The van der Waals surface area contributed by atoms with E-state index in [1.165, 1.54) is 6.92 Å². The summed E-state index contributed by atoms with van der Waals surface area (Å²) in [6.07, 6.45) is 0.191. The zero-order valence-corrected chi connectivity index (χ0v) is 16.7. The molecule has 138 valence electrons. The summed E-state index contributed by atoms with van der Waals surface area (Å²) in [6, 6.07) is 9.69. The average molecular weight is 373 g/mol. The zero-order valence-electron chi connectivity index (χ0n) is 15.9. The third-order valence-electron chi connectivity index (χ3n) is 4.35. The first-order valence-electron chi connectivity index (χ1n) is 8.61. The predicted molar refractivity (Wildman–Crippen MR) is 108 cm³/mol. The van der Waals surface area contributed by atoms with Gasteiger partial charge in [-0.15, -0.1) is 0 Å². The van der Waals surface area contributed by atoms with E-state index in [1.54, 1.807) is 4.90 Å². The van der Waals surface area contributed by atoms with E-state index in [1.807, 2.05) is 58.0 Å². The van der Waals surface area contributed by atoms with Crippen LogP contribution in [0, 0.1) is 27.7 Å². The molecule has 2 amide bonds. The van der Waals surface area contributed by atoms with Gasteiger partial charge in [0.1, 0.15) is 0 Å². The highest BCUT2D eigenvalue weighted by Gasteiger charge is 2.18. The lowest BCUT2D eigenvalue weighted by Gasteiger charge is -2.25. The molecule has 0 saturated carbocycles. The Morgan fingerprint density at radius 3 is 2.19 bits per heavy atom. The highest BCUT2D eigenvalue weighted by atomic mass is 35.5. The highest BCUT2D eigenvalue weighted by molar-refractivity contribution is 6.34. The van der Waals surface area contributed by atoms with Gasteiger partial charge in [-0.3, -0.25) is 9.59 Å². The molecule has 0 aliphatic heterocycles. The average Bonchev–Trinajstić information content (AvgIpc) is 2.53. The van der Waals surface area contributed by atoms with E-state index in [2.05, 4.69) is 5.32 Å². The Labute approximate surface area is 160 Å². The molecule has 2 rings (SSSR count). The summed E-state index contributed by atoms with van der Waals surface area (Å²) in [6.45, 7) is 9.63. The molecule has 0 saturated heterocycles. The number of aryl methyl sites for hydroxylation is 4. The Bertz CT molecular complexity index is 803. The van der Waals surface area contributed by atoms with Crippen molar-refractivity contribution < 1.29 is 9.59 Å². The lowest BCUT2D eigenvalue weighted by molar-refractivity contribution is -0.117. The van der Waals surface area contributed by atoms with Gasteiger partial charge in [0.25, 0.3) is 0 Å². The number of benzene rings is 2. The maximum absolute atomic E-state index is 12.4. The van der Waals surface area contributed by atoms with Crippen molar-refractivity contribution in [2.45, 2.75) is 41.0 Å². The molecule has 1 N–H and O–H groups in total. The molecule has 0 unspecified atom stereocenters. The van der Waals surface area contributed by atoms with Gasteiger partial charge < -0.3 is 10.2 Å². The molecule has 26 heavy (non-hydrogen) atoms. The van der Waals surface area contributed by atoms with Crippen LogP contribution in [-0.2, 0) is 9.59 Å². The monoisotopic (exact) mass is 372 g/mol. The number of amides is 2. The number of hydrogen-bond donors (Lipinski definition) is 1. The molecule has 0 aromatic heterocycles. The zero-order chi connectivity index (χ0) is 19.4. The molecule has 0 aliphatic rings. The van der Waals surface area contributed by atoms with Crippen molar-refractivity contribution in [3.8, 4) is 0 Å². The normalized spacial score (nSPS) is 10.5. The van der Waals surface area contributed by atoms with E-state index in [-0.39, 0.29) is 18.2 Å². The first kappa shape index (κ1) is 20.0. The van der Waals surface area contributed by atoms with Gasteiger partial charge >= 0.3 is 0 Å². The second-order valence-corrected chi connectivity index (χ2v) is 7.06. The van der Waals surface area contributed by atoms with Crippen molar-refractivity contribution in [1.29, 1.82) is 0 Å². The van der Waals surface area contributed by atoms with Gasteiger partial charge in [0.2, 0.25) is 11.8 Å². The molecule has 0 heterocycles. The third kappa shape index (κ3) is 4.64. The van der Waals surface area contributed by atoms with Gasteiger partial charge in [0, 0.05) is 25.6 Å². The van der Waals surface area contributed by atoms with Crippen LogP contribution >= 0.6 is 11.6 Å². The summed E-state index contributed by atoms with van der Waals surface area (Å²) in [5, 5.41) is 3.39. The van der Waals surface area contributed by atoms with Crippen LogP contribution < -0.4 is 10.2 Å². The van der Waals surface area contributed by atoms with Crippen molar-refractivity contribution in [3.63, 3.8) is 0 Å². The van der Waals surface area contributed by atoms with Crippen molar-refractivity contribution in [2.24, 2.45) is 0 Å². The van der Waals surface area contributed by atoms with Gasteiger partial charge in [-0.25, -0.2) is 0 Å². The maximum atomic E-state index is 12.4. The molecular weight excluding hydrogens is 348 g/mol. The summed E-state index contributed by atoms with van der Waals surface area (Å²) >= 11 is 6.25. The minimum atomic E-state index is -0.170. The number of para-hydroxylation sites is 1. The molecule has 5 heteroatoms. The number of hydrogen-bond acceptors (Lipinski definition) is 2. The highest BCUT2D eigenvalue weighted by Crippen LogP contribution is 2.28. The van der Waals surface area contributed by atoms with Gasteiger partial charge in [-0.1, -0.05) is 35.9 Å². The number of nitrogens with one attached hydrogen (secondary N) is 1. The van der Waals surface area contributed by atoms with Crippen LogP contribution in [0.4, 0.5) is 11.4 Å². The summed E-state index contributed by atoms with van der Waals surface area (Å²) in [5.41, 5.74) is 5.49. The first-order chi connectivity index (χ1) is 12.2. The summed E-state index contributed by atoms with van der Waals surface area (Å²) in [5.74, 6) is -0.254. The van der Waals surface area contributed by atoms with E-state index in [0.29, 0.717) is 17.3 Å². The van der Waals surface area contributed by atoms with Crippen LogP contribution in [0.25, 0.3) is 0 Å². The molecule has 0 aliphatic carbocycles. The Kier molecular flexibility index (Phi) is 6.43. The number of anilines is 2. The van der Waals surface area contributed by atoms with Crippen molar-refractivity contribution in [2.75, 3.05) is 16.8 Å². The van der Waals surface area contributed by atoms with Crippen molar-refractivity contribution >= 4 is 34.8 Å². The third-order valence-corrected chi connectivity index (χ3v) is 4.65. The molecule has 4 nitrogen and oxygen atoms in total. The second-order valence-electron chi connectivity index (χ2n) is 6.65. The van der Waals surface area contributed by atoms with Crippen LogP contribution in [-0.4, -0.2) is 18.4 Å². The topological polar surface area (TPSA) is 49.4 Å². The molecule has 0 atom stereocenters. The number of rotatable bonds is 5. The van der Waals surface area contributed by atoms with Gasteiger partial charge in [0.05, 0.1) is 10.7 Å². The van der Waals surface area contributed by atoms with Crippen LogP contribution in [0.3, 0.4) is 0 Å². The molecule has 2 aromatic rings. The molecule has 2 aromatic carbocycles. The quantitative estimate of drug-likeness (QED) is 0.806. The van der Waals surface area contributed by atoms with E-state index < -0.39 is 0 Å². The lowest BCUT2D eigenvalue weighted by atomic mass is 10.1. The van der Waals surface area contributed by atoms with Crippen molar-refractivity contribution in [1.82, 2.24) is 0 Å². The smallest absolute Gasteiger partial charge is 0.226 e. The summed E-state index contributed by atoms with van der Waals surface area (Å²) in [7, 11) is 0. The molecule has 0 radical (unpaired) electrons. The first-order valence-corrected chi connectivity index (χ1v) is 8.99. The number of carbonyl (C=O) groups excluding carboxylic acids is 2. The van der Waals surface area contributed by atoms with Crippen LogP contribution in [0.1, 0.15) is 35.6 Å². The fraction of sp³-hybridized carbons (Fsp3) is 0.333. The standard InChI is InChI=1S/C21H25ClN2O2/c1-13-11-16(4)20(18(22)12-13)23-19(26)9-10-24(17(5)25)21-14(2)7-6-8-15(21)3/h6-8,11-12H,9-10H2,1-5H3,(H,23,26). The van der Waals surface area contributed by atoms with Crippen LogP contribution in [0.2, 0.25) is 5.02 Å². The predicted octanol–water partition coefficient (Wildman–Crippen LogP) is 4.96. The Balaban J connectivity index is 2.13. The maximum Gasteiger partial charge on any atom is 0.226 e. The van der Waals surface area contributed by atoms with E-state index in [0.717, 1.165) is 27.9 Å². The molecular formula is C21H25ClN2O2. The van der Waals surface area contributed by atoms with E-state index in [9.17, 15) is 9.59 Å². The number of halogens is 1. The fourth-order valence-corrected chi connectivity index (χ4v) is 3.52. The molecule has 0 fully saturated rings. The molecule has 0 bridgehead atoms. The minimum absolute atomic E-state index is 0.0836. The molecule has 0 spiro atoms. The summed E-state index contributed by atoms with van der Waals surface area (Å²) in [4.78, 5) is 26.2. The van der Waals surface area contributed by atoms with E-state index in [4.69, 9.17) is 11.6 Å². The number of carbonyl (C=O) groups is 2. The second kappa shape index (κ2) is 8.37. The van der Waals surface area contributed by atoms with E-state index >= 15 is 0 Å². The fourth-order valence-electron chi connectivity index (χ4n) is 3.15. The SMILES string of the molecule is CC(=O)N(CCC(=O)Nc1c(C)cc(C)cc1Cl)c1c(C)cccc1C. The van der Waals surface area contributed by atoms with Gasteiger partial charge in [-0.2, -0.15) is 0 Å². The van der Waals surface area contributed by atoms with Gasteiger partial charge in [0.15, 0.2) is 0 Å². The Morgan fingerprint density at radius 1 is 1.04 bits per heavy atom. The lowest BCUT2D eigenvalue weighted by Crippen LogP contribution is -2.33. The van der Waals surface area contributed by atoms with Crippen LogP contribution in [0.15, 0.2) is 30.3 Å². The number of nitrogens with zero attached hydrogens (tertiary/aromatic N) is 1. The van der Waals surface area contributed by atoms with Gasteiger partial charge in [-0.05, 0) is 56.0 Å². The van der Waals surface area contributed by atoms with Crippen LogP contribution in [0.5, 0.6) is 0 Å². The van der Waals surface area contributed by atoms with Crippen molar-refractivity contribution in [3.05, 3.63) is 57.6 Å².